The van der Waals surface area contributed by atoms with Gasteiger partial charge in [0.2, 0.25) is 0 Å². The lowest BCUT2D eigenvalue weighted by molar-refractivity contribution is -0.138. The Balaban J connectivity index is 1.97. The van der Waals surface area contributed by atoms with Crippen molar-refractivity contribution in [2.75, 3.05) is 24.6 Å². The zero-order chi connectivity index (χ0) is 22.6. The summed E-state index contributed by atoms with van der Waals surface area (Å²) in [6, 6.07) is 16.4. The lowest BCUT2D eigenvalue weighted by Gasteiger charge is -2.22. The third-order valence-electron chi connectivity index (χ3n) is 4.50. The highest BCUT2D eigenvalue weighted by Crippen LogP contribution is 2.18. The molecule has 0 N–H and O–H groups in total. The maximum atomic E-state index is 12.2. The van der Waals surface area contributed by atoms with E-state index in [1.54, 1.807) is 25.1 Å². The SMILES string of the molecule is C=Cc1ccc(OC(=O)CCN(CC)c2ccc(/C=C(\C#N)C(=O)OCC)cc2)cc1. The van der Waals surface area contributed by atoms with Gasteiger partial charge in [0.25, 0.3) is 0 Å². The standard InChI is InChI=1S/C25H26N2O4/c1-4-19-9-13-23(14-10-19)31-24(28)15-16-27(5-2)22-11-7-20(8-12-22)17-21(18-26)25(29)30-6-3/h4,7-14,17H,1,5-6,15-16H2,2-3H3/b21-17+. The van der Waals surface area contributed by atoms with Crippen LogP contribution in [0, 0.1) is 11.3 Å². The van der Waals surface area contributed by atoms with Gasteiger partial charge in [0.05, 0.1) is 13.0 Å². The van der Waals surface area contributed by atoms with E-state index in [9.17, 15) is 9.59 Å². The highest BCUT2D eigenvalue weighted by atomic mass is 16.5. The van der Waals surface area contributed by atoms with Crippen molar-refractivity contribution in [1.29, 1.82) is 5.26 Å². The van der Waals surface area contributed by atoms with E-state index in [4.69, 9.17) is 14.7 Å². The van der Waals surface area contributed by atoms with E-state index in [0.29, 0.717) is 24.4 Å². The van der Waals surface area contributed by atoms with E-state index in [1.165, 1.54) is 6.08 Å². The maximum Gasteiger partial charge on any atom is 0.348 e. The first-order valence-corrected chi connectivity index (χ1v) is 10.1. The highest BCUT2D eigenvalue weighted by molar-refractivity contribution is 5.97. The zero-order valence-corrected chi connectivity index (χ0v) is 17.8. The van der Waals surface area contributed by atoms with E-state index in [2.05, 4.69) is 6.58 Å². The number of rotatable bonds is 10. The summed E-state index contributed by atoms with van der Waals surface area (Å²) >= 11 is 0. The van der Waals surface area contributed by atoms with Crippen LogP contribution < -0.4 is 9.64 Å². The smallest absolute Gasteiger partial charge is 0.348 e. The molecule has 0 saturated heterocycles. The molecule has 0 bridgehead atoms. The average molecular weight is 418 g/mol. The van der Waals surface area contributed by atoms with Crippen LogP contribution in [0.4, 0.5) is 5.69 Å². The molecule has 2 aromatic carbocycles. The van der Waals surface area contributed by atoms with Gasteiger partial charge in [-0.1, -0.05) is 36.9 Å². The van der Waals surface area contributed by atoms with Crippen LogP contribution in [0.1, 0.15) is 31.4 Å². The van der Waals surface area contributed by atoms with Gasteiger partial charge in [-0.05, 0) is 55.3 Å². The molecule has 0 radical (unpaired) electrons. The molecule has 0 spiro atoms. The molecular weight excluding hydrogens is 392 g/mol. The van der Waals surface area contributed by atoms with Crippen LogP contribution in [0.15, 0.2) is 60.7 Å². The number of carbonyl (C=O) groups excluding carboxylic acids is 2. The van der Waals surface area contributed by atoms with E-state index >= 15 is 0 Å². The Bertz CT molecular complexity index is 970. The fraction of sp³-hybridized carbons (Fsp3) is 0.240. The molecule has 0 atom stereocenters. The summed E-state index contributed by atoms with van der Waals surface area (Å²) in [7, 11) is 0. The predicted molar refractivity (Wildman–Crippen MR) is 121 cm³/mol. The Hall–Kier alpha value is -3.85. The molecule has 0 unspecified atom stereocenters. The number of hydrogen-bond donors (Lipinski definition) is 0. The van der Waals surface area contributed by atoms with Crippen molar-refractivity contribution in [3.63, 3.8) is 0 Å². The first-order valence-electron chi connectivity index (χ1n) is 10.1. The Kier molecular flexibility index (Phi) is 9.06. The van der Waals surface area contributed by atoms with Crippen LogP contribution in [0.25, 0.3) is 12.2 Å². The van der Waals surface area contributed by atoms with Crippen molar-refractivity contribution in [3.05, 3.63) is 71.8 Å². The number of nitrogens with zero attached hydrogens (tertiary/aromatic N) is 2. The number of carbonyl (C=O) groups is 2. The fourth-order valence-electron chi connectivity index (χ4n) is 2.84. The number of benzene rings is 2. The normalized spacial score (nSPS) is 10.7. The number of esters is 2. The minimum Gasteiger partial charge on any atom is -0.462 e. The Morgan fingerprint density at radius 3 is 2.26 bits per heavy atom. The molecule has 0 aromatic heterocycles. The van der Waals surface area contributed by atoms with Crippen LogP contribution in [0.2, 0.25) is 0 Å². The van der Waals surface area contributed by atoms with Crippen LogP contribution in [0.3, 0.4) is 0 Å². The first-order chi connectivity index (χ1) is 15.0. The monoisotopic (exact) mass is 418 g/mol. The quantitative estimate of drug-likeness (QED) is 0.242. The van der Waals surface area contributed by atoms with Gasteiger partial charge in [-0.2, -0.15) is 5.26 Å². The number of ether oxygens (including phenoxy) is 2. The summed E-state index contributed by atoms with van der Waals surface area (Å²) in [5.41, 5.74) is 2.55. The summed E-state index contributed by atoms with van der Waals surface area (Å²) in [6.45, 7) is 8.81. The van der Waals surface area contributed by atoms with E-state index in [1.807, 2.05) is 54.3 Å². The van der Waals surface area contributed by atoms with Crippen LogP contribution >= 0.6 is 0 Å². The largest absolute Gasteiger partial charge is 0.462 e. The van der Waals surface area contributed by atoms with E-state index in [-0.39, 0.29) is 24.6 Å². The van der Waals surface area contributed by atoms with Gasteiger partial charge in [0.15, 0.2) is 0 Å². The molecule has 0 fully saturated rings. The van der Waals surface area contributed by atoms with Crippen LogP contribution in [0.5, 0.6) is 5.75 Å². The zero-order valence-electron chi connectivity index (χ0n) is 17.8. The molecular formula is C25H26N2O4. The van der Waals surface area contributed by atoms with Crippen molar-refractivity contribution >= 4 is 29.8 Å². The lowest BCUT2D eigenvalue weighted by Crippen LogP contribution is -2.27. The van der Waals surface area contributed by atoms with Gasteiger partial charge < -0.3 is 14.4 Å². The van der Waals surface area contributed by atoms with Crippen molar-refractivity contribution < 1.29 is 19.1 Å². The molecule has 0 heterocycles. The minimum absolute atomic E-state index is 0.0502. The molecule has 0 aliphatic carbocycles. The molecule has 2 aromatic rings. The van der Waals surface area contributed by atoms with E-state index in [0.717, 1.165) is 11.3 Å². The second-order valence-electron chi connectivity index (χ2n) is 6.56. The maximum absolute atomic E-state index is 12.2. The summed E-state index contributed by atoms with van der Waals surface area (Å²) in [6.07, 6.45) is 3.46. The van der Waals surface area contributed by atoms with Gasteiger partial charge in [-0.3, -0.25) is 4.79 Å². The second kappa shape index (κ2) is 12.0. The van der Waals surface area contributed by atoms with Gasteiger partial charge in [0, 0.05) is 18.8 Å². The number of hydrogen-bond acceptors (Lipinski definition) is 6. The lowest BCUT2D eigenvalue weighted by atomic mass is 10.1. The predicted octanol–water partition coefficient (Wildman–Crippen LogP) is 4.62. The van der Waals surface area contributed by atoms with Gasteiger partial charge >= 0.3 is 11.9 Å². The molecule has 2 rings (SSSR count). The van der Waals surface area contributed by atoms with E-state index < -0.39 is 5.97 Å². The molecule has 31 heavy (non-hydrogen) atoms. The van der Waals surface area contributed by atoms with Crippen molar-refractivity contribution in [2.24, 2.45) is 0 Å². The topological polar surface area (TPSA) is 79.6 Å². The van der Waals surface area contributed by atoms with Crippen molar-refractivity contribution in [3.8, 4) is 11.8 Å². The second-order valence-corrected chi connectivity index (χ2v) is 6.56. The molecule has 0 aliphatic heterocycles. The Labute approximate surface area is 183 Å². The fourth-order valence-corrected chi connectivity index (χ4v) is 2.84. The molecule has 0 aliphatic rings. The molecule has 6 nitrogen and oxygen atoms in total. The number of anilines is 1. The minimum atomic E-state index is -0.637. The first kappa shape index (κ1) is 23.4. The van der Waals surface area contributed by atoms with Crippen molar-refractivity contribution in [2.45, 2.75) is 20.3 Å². The van der Waals surface area contributed by atoms with Gasteiger partial charge in [0.1, 0.15) is 17.4 Å². The van der Waals surface area contributed by atoms with Crippen LogP contribution in [-0.2, 0) is 14.3 Å². The summed E-state index contributed by atoms with van der Waals surface area (Å²) in [5.74, 6) is -0.441. The van der Waals surface area contributed by atoms with Gasteiger partial charge in [-0.15, -0.1) is 0 Å². The molecule has 160 valence electrons. The number of nitriles is 1. The molecule has 6 heteroatoms. The summed E-state index contributed by atoms with van der Waals surface area (Å²) in [5, 5.41) is 9.14. The van der Waals surface area contributed by atoms with Crippen LogP contribution in [-0.4, -0.2) is 31.6 Å². The summed E-state index contributed by atoms with van der Waals surface area (Å²) in [4.78, 5) is 26.0. The average Bonchev–Trinajstić information content (AvgIpc) is 2.79. The third-order valence-corrected chi connectivity index (χ3v) is 4.50. The van der Waals surface area contributed by atoms with Crippen molar-refractivity contribution in [1.82, 2.24) is 0 Å². The highest BCUT2D eigenvalue weighted by Gasteiger charge is 2.12. The Morgan fingerprint density at radius 2 is 1.71 bits per heavy atom. The Morgan fingerprint density at radius 1 is 1.06 bits per heavy atom. The molecule has 0 saturated carbocycles. The third kappa shape index (κ3) is 7.16. The molecule has 0 amide bonds. The summed E-state index contributed by atoms with van der Waals surface area (Å²) < 4.78 is 10.2. The van der Waals surface area contributed by atoms with Gasteiger partial charge in [-0.25, -0.2) is 4.79 Å².